The standard InChI is InChI=1S/C18H20N2O/c1-2-3-4-15-5-8-17(9-6-15)20-18(21)10-7-16-11-13-19-14-12-16/h5-14H,2-4H2,1H3,(H,20,21). The van der Waals surface area contributed by atoms with Crippen LogP contribution in [0.3, 0.4) is 0 Å². The van der Waals surface area contributed by atoms with Gasteiger partial charge in [0.15, 0.2) is 0 Å². The molecule has 0 bridgehead atoms. The fraction of sp³-hybridized carbons (Fsp3) is 0.222. The molecule has 1 aromatic carbocycles. The summed E-state index contributed by atoms with van der Waals surface area (Å²) in [5.41, 5.74) is 3.08. The number of anilines is 1. The molecule has 21 heavy (non-hydrogen) atoms. The van der Waals surface area contributed by atoms with Gasteiger partial charge in [-0.25, -0.2) is 0 Å². The van der Waals surface area contributed by atoms with Crippen LogP contribution in [0.1, 0.15) is 30.9 Å². The minimum atomic E-state index is -0.131. The smallest absolute Gasteiger partial charge is 0.248 e. The molecule has 1 N–H and O–H groups in total. The number of pyridine rings is 1. The molecule has 0 aliphatic rings. The lowest BCUT2D eigenvalue weighted by atomic mass is 10.1. The third kappa shape index (κ3) is 5.22. The molecule has 1 heterocycles. The first-order valence-corrected chi connectivity index (χ1v) is 7.26. The van der Waals surface area contributed by atoms with Crippen molar-refractivity contribution in [2.75, 3.05) is 5.32 Å². The van der Waals surface area contributed by atoms with Crippen molar-refractivity contribution < 1.29 is 4.79 Å². The number of benzene rings is 1. The SMILES string of the molecule is CCCCc1ccc(NC(=O)C=Cc2ccncc2)cc1. The van der Waals surface area contributed by atoms with Gasteiger partial charge >= 0.3 is 0 Å². The molecule has 0 spiro atoms. The Labute approximate surface area is 125 Å². The van der Waals surface area contributed by atoms with Crippen LogP contribution in [0.15, 0.2) is 54.9 Å². The Hall–Kier alpha value is -2.42. The van der Waals surface area contributed by atoms with E-state index in [0.29, 0.717) is 0 Å². The van der Waals surface area contributed by atoms with E-state index < -0.39 is 0 Å². The number of rotatable bonds is 6. The molecule has 0 fully saturated rings. The fourth-order valence-corrected chi connectivity index (χ4v) is 1.97. The van der Waals surface area contributed by atoms with Crippen LogP contribution in [-0.2, 0) is 11.2 Å². The molecule has 3 heteroatoms. The molecule has 3 nitrogen and oxygen atoms in total. The predicted molar refractivity (Wildman–Crippen MR) is 87.0 cm³/mol. The molecule has 0 unspecified atom stereocenters. The van der Waals surface area contributed by atoms with Gasteiger partial charge in [-0.15, -0.1) is 0 Å². The summed E-state index contributed by atoms with van der Waals surface area (Å²) in [7, 11) is 0. The average Bonchev–Trinajstić information content (AvgIpc) is 2.53. The second kappa shape index (κ2) is 8.00. The van der Waals surface area contributed by atoms with Gasteiger partial charge in [-0.2, -0.15) is 0 Å². The van der Waals surface area contributed by atoms with E-state index in [1.54, 1.807) is 18.5 Å². The molecule has 2 rings (SSSR count). The second-order valence-corrected chi connectivity index (χ2v) is 4.90. The zero-order valence-corrected chi connectivity index (χ0v) is 12.3. The van der Waals surface area contributed by atoms with Gasteiger partial charge in [0.1, 0.15) is 0 Å². The van der Waals surface area contributed by atoms with E-state index in [1.165, 1.54) is 24.5 Å². The molecular weight excluding hydrogens is 260 g/mol. The fourth-order valence-electron chi connectivity index (χ4n) is 1.97. The van der Waals surface area contributed by atoms with Gasteiger partial charge in [-0.3, -0.25) is 9.78 Å². The lowest BCUT2D eigenvalue weighted by Gasteiger charge is -2.04. The summed E-state index contributed by atoms with van der Waals surface area (Å²) in [6, 6.07) is 11.7. The molecule has 108 valence electrons. The quantitative estimate of drug-likeness (QED) is 0.810. The van der Waals surface area contributed by atoms with Crippen molar-refractivity contribution in [1.82, 2.24) is 4.98 Å². The first-order valence-electron chi connectivity index (χ1n) is 7.26. The van der Waals surface area contributed by atoms with Crippen LogP contribution in [0.4, 0.5) is 5.69 Å². The minimum Gasteiger partial charge on any atom is -0.323 e. The molecule has 0 aliphatic carbocycles. The van der Waals surface area contributed by atoms with Crippen LogP contribution in [0, 0.1) is 0 Å². The zero-order chi connectivity index (χ0) is 14.9. The van der Waals surface area contributed by atoms with Gasteiger partial charge in [0.05, 0.1) is 0 Å². The Morgan fingerprint density at radius 2 is 1.86 bits per heavy atom. The monoisotopic (exact) mass is 280 g/mol. The molecule has 2 aromatic rings. The Kier molecular flexibility index (Phi) is 5.71. The summed E-state index contributed by atoms with van der Waals surface area (Å²) >= 11 is 0. The number of carbonyl (C=O) groups is 1. The summed E-state index contributed by atoms with van der Waals surface area (Å²) in [4.78, 5) is 15.8. The van der Waals surface area contributed by atoms with E-state index >= 15 is 0 Å². The predicted octanol–water partition coefficient (Wildman–Crippen LogP) is 4.08. The topological polar surface area (TPSA) is 42.0 Å². The van der Waals surface area contributed by atoms with Gasteiger partial charge in [-0.05, 0) is 54.3 Å². The molecule has 0 saturated heterocycles. The third-order valence-electron chi connectivity index (χ3n) is 3.17. The van der Waals surface area contributed by atoms with Crippen molar-refractivity contribution in [3.05, 3.63) is 66.0 Å². The van der Waals surface area contributed by atoms with Crippen molar-refractivity contribution in [1.29, 1.82) is 0 Å². The first kappa shape index (κ1) is 15.0. The van der Waals surface area contributed by atoms with E-state index in [4.69, 9.17) is 0 Å². The number of nitrogens with zero attached hydrogens (tertiary/aromatic N) is 1. The number of hydrogen-bond donors (Lipinski definition) is 1. The van der Waals surface area contributed by atoms with Crippen molar-refractivity contribution in [3.63, 3.8) is 0 Å². The van der Waals surface area contributed by atoms with Crippen LogP contribution >= 0.6 is 0 Å². The summed E-state index contributed by atoms with van der Waals surface area (Å²) in [6.45, 7) is 2.18. The largest absolute Gasteiger partial charge is 0.323 e. The van der Waals surface area contributed by atoms with E-state index in [2.05, 4.69) is 29.4 Å². The van der Waals surface area contributed by atoms with Crippen molar-refractivity contribution >= 4 is 17.7 Å². The van der Waals surface area contributed by atoms with E-state index in [9.17, 15) is 4.79 Å². The average molecular weight is 280 g/mol. The van der Waals surface area contributed by atoms with Gasteiger partial charge < -0.3 is 5.32 Å². The van der Waals surface area contributed by atoms with E-state index in [1.807, 2.05) is 24.3 Å². The first-order chi connectivity index (χ1) is 10.3. The molecule has 0 radical (unpaired) electrons. The Bertz CT molecular complexity index is 588. The van der Waals surface area contributed by atoms with Crippen LogP contribution in [0.2, 0.25) is 0 Å². The van der Waals surface area contributed by atoms with Crippen molar-refractivity contribution in [2.24, 2.45) is 0 Å². The number of hydrogen-bond acceptors (Lipinski definition) is 2. The van der Waals surface area contributed by atoms with Crippen LogP contribution in [0.5, 0.6) is 0 Å². The van der Waals surface area contributed by atoms with Gasteiger partial charge in [0, 0.05) is 24.2 Å². The van der Waals surface area contributed by atoms with Crippen molar-refractivity contribution in [2.45, 2.75) is 26.2 Å². The van der Waals surface area contributed by atoms with Crippen molar-refractivity contribution in [3.8, 4) is 0 Å². The second-order valence-electron chi connectivity index (χ2n) is 4.90. The maximum atomic E-state index is 11.8. The molecule has 1 amide bonds. The lowest BCUT2D eigenvalue weighted by molar-refractivity contribution is -0.111. The Morgan fingerprint density at radius 1 is 1.14 bits per heavy atom. The highest BCUT2D eigenvalue weighted by Crippen LogP contribution is 2.12. The number of aromatic nitrogens is 1. The van der Waals surface area contributed by atoms with Crippen LogP contribution in [-0.4, -0.2) is 10.9 Å². The van der Waals surface area contributed by atoms with Gasteiger partial charge in [0.2, 0.25) is 5.91 Å². The third-order valence-corrected chi connectivity index (χ3v) is 3.17. The lowest BCUT2D eigenvalue weighted by Crippen LogP contribution is -2.07. The van der Waals surface area contributed by atoms with E-state index in [0.717, 1.165) is 17.7 Å². The van der Waals surface area contributed by atoms with E-state index in [-0.39, 0.29) is 5.91 Å². The number of aryl methyl sites for hydroxylation is 1. The number of nitrogens with one attached hydrogen (secondary N) is 1. The molecule has 0 saturated carbocycles. The molecule has 1 aromatic heterocycles. The number of carbonyl (C=O) groups excluding carboxylic acids is 1. The van der Waals surface area contributed by atoms with Gasteiger partial charge in [0.25, 0.3) is 0 Å². The molecular formula is C18H20N2O. The highest BCUT2D eigenvalue weighted by Gasteiger charge is 1.98. The maximum absolute atomic E-state index is 11.8. The highest BCUT2D eigenvalue weighted by atomic mass is 16.1. The summed E-state index contributed by atoms with van der Waals surface area (Å²) < 4.78 is 0. The zero-order valence-electron chi connectivity index (χ0n) is 12.3. The Balaban J connectivity index is 1.89. The van der Waals surface area contributed by atoms with Crippen LogP contribution < -0.4 is 5.32 Å². The molecule has 0 atom stereocenters. The summed E-state index contributed by atoms with van der Waals surface area (Å²) in [6.07, 6.45) is 10.2. The summed E-state index contributed by atoms with van der Waals surface area (Å²) in [5, 5.41) is 2.85. The van der Waals surface area contributed by atoms with Gasteiger partial charge in [-0.1, -0.05) is 25.5 Å². The van der Waals surface area contributed by atoms with Crippen LogP contribution in [0.25, 0.3) is 6.08 Å². The normalized spacial score (nSPS) is 10.7. The minimum absolute atomic E-state index is 0.131. The molecule has 0 aliphatic heterocycles. The number of amides is 1. The maximum Gasteiger partial charge on any atom is 0.248 e. The summed E-state index contributed by atoms with van der Waals surface area (Å²) in [5.74, 6) is -0.131. The number of unbranched alkanes of at least 4 members (excludes halogenated alkanes) is 1. The Morgan fingerprint density at radius 3 is 2.52 bits per heavy atom. The highest BCUT2D eigenvalue weighted by molar-refractivity contribution is 6.01.